The van der Waals surface area contributed by atoms with Crippen molar-refractivity contribution in [2.45, 2.75) is 0 Å². The van der Waals surface area contributed by atoms with E-state index in [4.69, 9.17) is 0 Å². The van der Waals surface area contributed by atoms with E-state index in [0.717, 1.165) is 0 Å². The molecule has 0 rings (SSSR count). The van der Waals surface area contributed by atoms with Crippen LogP contribution in [0.25, 0.3) is 0 Å². The average Bonchev–Trinajstić information content (AvgIpc) is 0. The highest BCUT2D eigenvalue weighted by Gasteiger charge is 0.00000301. The van der Waals surface area contributed by atoms with Crippen LogP contribution in [0.2, 0.25) is 0 Å². The van der Waals surface area contributed by atoms with E-state index < -0.39 is 0 Å². The summed E-state index contributed by atoms with van der Waals surface area (Å²) in [5, 5.41) is 0. The molecule has 0 fully saturated rings. The van der Waals surface area contributed by atoms with Gasteiger partial charge in [0, 0.05) is 24.0 Å². The molecule has 0 N–H and O–H groups in total. The highest BCUT2D eigenvalue weighted by Crippen LogP contribution is 0.886. The molecule has 4 heavy (non-hydrogen) atoms. The lowest BCUT2D eigenvalue weighted by atomic mass is 35.5. The SMILES string of the molecule is [Cl-].[Cl-].[Cl-].[I]. The van der Waals surface area contributed by atoms with Crippen molar-refractivity contribution >= 4 is 24.0 Å². The van der Waals surface area contributed by atoms with Gasteiger partial charge in [0.2, 0.25) is 0 Å². The van der Waals surface area contributed by atoms with Crippen molar-refractivity contribution in [1.82, 2.24) is 0 Å². The second-order valence-electron chi connectivity index (χ2n) is 0. The van der Waals surface area contributed by atoms with Crippen LogP contribution in [-0.2, 0) is 0 Å². The number of hydrogen-bond donors (Lipinski definition) is 0. The van der Waals surface area contributed by atoms with E-state index in [-0.39, 0.29) is 61.2 Å². The minimum absolute atomic E-state index is 0. The van der Waals surface area contributed by atoms with Crippen LogP contribution in [0.15, 0.2) is 0 Å². The molecule has 0 saturated heterocycles. The summed E-state index contributed by atoms with van der Waals surface area (Å²) >= 11 is 0. The molecule has 0 unspecified atom stereocenters. The monoisotopic (exact) mass is 232 g/mol. The van der Waals surface area contributed by atoms with Gasteiger partial charge in [-0.3, -0.25) is 0 Å². The van der Waals surface area contributed by atoms with Crippen LogP contribution < -0.4 is 37.2 Å². The van der Waals surface area contributed by atoms with Crippen LogP contribution in [0.3, 0.4) is 0 Å². The van der Waals surface area contributed by atoms with E-state index in [1.165, 1.54) is 0 Å². The van der Waals surface area contributed by atoms with Gasteiger partial charge in [0.25, 0.3) is 0 Å². The van der Waals surface area contributed by atoms with Gasteiger partial charge in [0.1, 0.15) is 0 Å². The van der Waals surface area contributed by atoms with Gasteiger partial charge < -0.3 is 37.2 Å². The lowest BCUT2D eigenvalue weighted by Gasteiger charge is -1.00. The van der Waals surface area contributed by atoms with Crippen molar-refractivity contribution in [3.05, 3.63) is 0 Å². The molecule has 0 aromatic carbocycles. The Balaban J connectivity index is 0. The molecule has 31 valence electrons. The molecule has 0 aromatic rings. The maximum atomic E-state index is 0. The molecular weight excluding hydrogens is 233 g/mol. The van der Waals surface area contributed by atoms with Crippen LogP contribution in [0.5, 0.6) is 0 Å². The van der Waals surface area contributed by atoms with Crippen molar-refractivity contribution in [2.24, 2.45) is 0 Å². The van der Waals surface area contributed by atoms with Gasteiger partial charge in [0.05, 0.1) is 0 Å². The van der Waals surface area contributed by atoms with Gasteiger partial charge in [-0.25, -0.2) is 0 Å². The Morgan fingerprint density at radius 1 is 0.500 bits per heavy atom. The molecule has 0 atom stereocenters. The summed E-state index contributed by atoms with van der Waals surface area (Å²) in [7, 11) is 0. The second-order valence-corrected chi connectivity index (χ2v) is 0. The summed E-state index contributed by atoms with van der Waals surface area (Å²) in [6.45, 7) is 0. The molecular formula is Cl3I-3. The fraction of sp³-hybridized carbons (Fsp3) is 0. The summed E-state index contributed by atoms with van der Waals surface area (Å²) in [4.78, 5) is 0. The van der Waals surface area contributed by atoms with Crippen molar-refractivity contribution < 1.29 is 37.2 Å². The highest BCUT2D eigenvalue weighted by atomic mass is 127. The van der Waals surface area contributed by atoms with Crippen LogP contribution in [-0.4, -0.2) is 0 Å². The summed E-state index contributed by atoms with van der Waals surface area (Å²) in [5.41, 5.74) is 0. The van der Waals surface area contributed by atoms with Crippen molar-refractivity contribution in [3.8, 4) is 0 Å². The zero-order valence-electron chi connectivity index (χ0n) is 1.51. The van der Waals surface area contributed by atoms with Crippen LogP contribution in [0, 0.1) is 0 Å². The predicted molar refractivity (Wildman–Crippen MR) is 14.0 cm³/mol. The maximum Gasteiger partial charge on any atom is 0 e. The van der Waals surface area contributed by atoms with Crippen molar-refractivity contribution in [2.75, 3.05) is 0 Å². The van der Waals surface area contributed by atoms with E-state index in [1.54, 1.807) is 0 Å². The first-order chi connectivity index (χ1) is 0. The van der Waals surface area contributed by atoms with Crippen molar-refractivity contribution in [1.29, 1.82) is 0 Å². The summed E-state index contributed by atoms with van der Waals surface area (Å²) < 4.78 is 0. The number of hydrogen-bond acceptors (Lipinski definition) is 0. The average molecular weight is 233 g/mol. The Hall–Kier alpha value is 1.60. The normalized spacial score (nSPS) is 0. The first-order valence-corrected chi connectivity index (χ1v) is 0. The first kappa shape index (κ1) is 46.3. The van der Waals surface area contributed by atoms with E-state index in [1.807, 2.05) is 0 Å². The fourth-order valence-corrected chi connectivity index (χ4v) is 0. The van der Waals surface area contributed by atoms with Gasteiger partial charge in [-0.1, -0.05) is 0 Å². The number of rotatable bonds is 0. The third kappa shape index (κ3) is 9.51. The molecule has 0 aliphatic carbocycles. The quantitative estimate of drug-likeness (QED) is 0.365. The van der Waals surface area contributed by atoms with Gasteiger partial charge in [-0.05, 0) is 0 Å². The Morgan fingerprint density at radius 2 is 0.500 bits per heavy atom. The topological polar surface area (TPSA) is 0 Å². The Morgan fingerprint density at radius 3 is 0.500 bits per heavy atom. The van der Waals surface area contributed by atoms with E-state index in [0.29, 0.717) is 0 Å². The highest BCUT2D eigenvalue weighted by molar-refractivity contribution is 14.0. The standard InChI is InChI=1S/3ClH.I/h3*1H;/p-3. The third-order valence-corrected chi connectivity index (χ3v) is 0. The van der Waals surface area contributed by atoms with Crippen LogP contribution in [0.1, 0.15) is 0 Å². The summed E-state index contributed by atoms with van der Waals surface area (Å²) in [5.74, 6) is 0. The molecule has 0 heterocycles. The minimum atomic E-state index is 0. The molecule has 4 heteroatoms. The second kappa shape index (κ2) is 23.3. The third-order valence-electron chi connectivity index (χ3n) is 0. The molecule has 0 saturated carbocycles. The molecule has 0 aliphatic rings. The first-order valence-electron chi connectivity index (χ1n) is 0. The molecule has 0 bridgehead atoms. The Kier molecular flexibility index (Phi) is 269. The lowest BCUT2D eigenvalue weighted by molar-refractivity contribution is -0.00100. The molecule has 1 radical (unpaired) electrons. The maximum absolute atomic E-state index is 0. The van der Waals surface area contributed by atoms with E-state index >= 15 is 0 Å². The van der Waals surface area contributed by atoms with Crippen LogP contribution in [0.4, 0.5) is 0 Å². The van der Waals surface area contributed by atoms with Crippen LogP contribution >= 0.6 is 24.0 Å². The molecule has 0 aliphatic heterocycles. The summed E-state index contributed by atoms with van der Waals surface area (Å²) in [6.07, 6.45) is 0. The van der Waals surface area contributed by atoms with Gasteiger partial charge >= 0.3 is 0 Å². The largest absolute Gasteiger partial charge is 1.00 e. The van der Waals surface area contributed by atoms with Gasteiger partial charge in [-0.15, -0.1) is 0 Å². The summed E-state index contributed by atoms with van der Waals surface area (Å²) in [6, 6.07) is 0. The fourth-order valence-electron chi connectivity index (χ4n) is 0. The van der Waals surface area contributed by atoms with Gasteiger partial charge in [0.15, 0.2) is 0 Å². The molecule has 0 nitrogen and oxygen atoms in total. The van der Waals surface area contributed by atoms with Gasteiger partial charge in [-0.2, -0.15) is 0 Å². The number of halogens is 4. The molecule has 0 spiro atoms. The predicted octanol–water partition coefficient (Wildman–Crippen LogP) is -8.10. The molecule has 0 amide bonds. The zero-order chi connectivity index (χ0) is 0. The zero-order valence-corrected chi connectivity index (χ0v) is 5.94. The smallest absolute Gasteiger partial charge is 0 e. The molecule has 0 aromatic heterocycles. The van der Waals surface area contributed by atoms with E-state index in [9.17, 15) is 0 Å². The minimum Gasteiger partial charge on any atom is -1.00 e. The lowest BCUT2D eigenvalue weighted by Crippen LogP contribution is -3.00. The Bertz CT molecular complexity index is 3.25. The Labute approximate surface area is 61.0 Å². The van der Waals surface area contributed by atoms with Crippen molar-refractivity contribution in [3.63, 3.8) is 0 Å². The van der Waals surface area contributed by atoms with E-state index in [2.05, 4.69) is 0 Å².